The summed E-state index contributed by atoms with van der Waals surface area (Å²) >= 11 is 0. The van der Waals surface area contributed by atoms with Gasteiger partial charge in [0.05, 0.1) is 0 Å². The van der Waals surface area contributed by atoms with Crippen LogP contribution in [0.3, 0.4) is 0 Å². The zero-order valence-electron chi connectivity index (χ0n) is 13.5. The number of rotatable bonds is 1. The van der Waals surface area contributed by atoms with Crippen LogP contribution in [0.4, 0.5) is 0 Å². The molecule has 1 saturated heterocycles. The van der Waals surface area contributed by atoms with Gasteiger partial charge in [-0.3, -0.25) is 4.79 Å². The van der Waals surface area contributed by atoms with Crippen molar-refractivity contribution in [3.05, 3.63) is 34.9 Å². The number of hydrogen-bond acceptors (Lipinski definition) is 1. The maximum absolute atomic E-state index is 12.9. The van der Waals surface area contributed by atoms with E-state index in [9.17, 15) is 4.79 Å². The summed E-state index contributed by atoms with van der Waals surface area (Å²) in [5.74, 6) is 1.93. The average Bonchev–Trinajstić information content (AvgIpc) is 2.60. The summed E-state index contributed by atoms with van der Waals surface area (Å²) in [6, 6.07) is 6.46. The van der Waals surface area contributed by atoms with Crippen molar-refractivity contribution < 1.29 is 4.79 Å². The molecule has 1 heterocycles. The summed E-state index contributed by atoms with van der Waals surface area (Å²) in [5.41, 5.74) is 3.81. The smallest absolute Gasteiger partial charge is 0.253 e. The molecular weight excluding hydrogens is 270 g/mol. The molecule has 1 amide bonds. The van der Waals surface area contributed by atoms with Crippen molar-refractivity contribution in [2.75, 3.05) is 13.1 Å². The zero-order chi connectivity index (χ0) is 14.9. The number of hydrogen-bond donors (Lipinski definition) is 0. The van der Waals surface area contributed by atoms with E-state index in [2.05, 4.69) is 23.1 Å². The van der Waals surface area contributed by atoms with Crippen LogP contribution < -0.4 is 0 Å². The normalized spacial score (nSPS) is 27.9. The van der Waals surface area contributed by atoms with Crippen LogP contribution in [0, 0.1) is 11.8 Å². The Bertz CT molecular complexity index is 565. The zero-order valence-corrected chi connectivity index (χ0v) is 13.5. The second-order valence-corrected chi connectivity index (χ2v) is 7.54. The Morgan fingerprint density at radius 1 is 0.909 bits per heavy atom. The SMILES string of the molecule is O=C(c1ccc2c(c1)CCCC2)N1CC[C@@H]2CCCC[C@@H]2C1. The molecule has 0 N–H and O–H groups in total. The van der Waals surface area contributed by atoms with E-state index in [1.807, 2.05) is 0 Å². The second kappa shape index (κ2) is 6.06. The number of benzene rings is 1. The molecule has 2 atom stereocenters. The Balaban J connectivity index is 1.49. The first-order chi connectivity index (χ1) is 10.8. The Hall–Kier alpha value is -1.31. The van der Waals surface area contributed by atoms with Gasteiger partial charge in [-0.05, 0) is 73.6 Å². The van der Waals surface area contributed by atoms with E-state index in [0.717, 1.165) is 36.9 Å². The van der Waals surface area contributed by atoms with Gasteiger partial charge in [-0.1, -0.05) is 25.3 Å². The number of nitrogens with zero attached hydrogens (tertiary/aromatic N) is 1. The largest absolute Gasteiger partial charge is 0.338 e. The van der Waals surface area contributed by atoms with Gasteiger partial charge in [-0.15, -0.1) is 0 Å². The summed E-state index contributed by atoms with van der Waals surface area (Å²) < 4.78 is 0. The van der Waals surface area contributed by atoms with Crippen molar-refractivity contribution in [2.24, 2.45) is 11.8 Å². The van der Waals surface area contributed by atoms with Gasteiger partial charge in [0.25, 0.3) is 5.91 Å². The molecule has 0 bridgehead atoms. The maximum Gasteiger partial charge on any atom is 0.253 e. The Morgan fingerprint density at radius 3 is 2.55 bits per heavy atom. The lowest BCUT2D eigenvalue weighted by atomic mass is 9.75. The van der Waals surface area contributed by atoms with E-state index in [0.29, 0.717) is 0 Å². The van der Waals surface area contributed by atoms with E-state index < -0.39 is 0 Å². The predicted octanol–water partition coefficient (Wildman–Crippen LogP) is 4.22. The third kappa shape index (κ3) is 2.68. The van der Waals surface area contributed by atoms with E-state index in [1.165, 1.54) is 62.5 Å². The van der Waals surface area contributed by atoms with E-state index in [1.54, 1.807) is 0 Å². The van der Waals surface area contributed by atoms with E-state index in [-0.39, 0.29) is 5.91 Å². The lowest BCUT2D eigenvalue weighted by molar-refractivity contribution is 0.0521. The minimum atomic E-state index is 0.275. The first-order valence-corrected chi connectivity index (χ1v) is 9.22. The van der Waals surface area contributed by atoms with Gasteiger partial charge in [0.1, 0.15) is 0 Å². The molecule has 2 aliphatic carbocycles. The topological polar surface area (TPSA) is 20.3 Å². The quantitative estimate of drug-likeness (QED) is 0.760. The van der Waals surface area contributed by atoms with Crippen LogP contribution in [0.25, 0.3) is 0 Å². The second-order valence-electron chi connectivity index (χ2n) is 7.54. The van der Waals surface area contributed by atoms with E-state index in [4.69, 9.17) is 0 Å². The average molecular weight is 297 g/mol. The molecule has 2 fully saturated rings. The van der Waals surface area contributed by atoms with Crippen LogP contribution in [0.2, 0.25) is 0 Å². The Morgan fingerprint density at radius 2 is 1.68 bits per heavy atom. The number of likely N-dealkylation sites (tertiary alicyclic amines) is 1. The molecule has 1 aliphatic heterocycles. The summed E-state index contributed by atoms with van der Waals surface area (Å²) in [6.45, 7) is 1.97. The van der Waals surface area contributed by atoms with Crippen molar-refractivity contribution in [2.45, 2.75) is 57.8 Å². The minimum absolute atomic E-state index is 0.275. The summed E-state index contributed by atoms with van der Waals surface area (Å²) in [7, 11) is 0. The summed E-state index contributed by atoms with van der Waals surface area (Å²) in [4.78, 5) is 15.0. The van der Waals surface area contributed by atoms with Gasteiger partial charge in [0.2, 0.25) is 0 Å². The highest BCUT2D eigenvalue weighted by molar-refractivity contribution is 5.94. The molecule has 22 heavy (non-hydrogen) atoms. The standard InChI is InChI=1S/C20H27NO/c22-20(18-10-9-15-5-1-3-7-17(15)13-18)21-12-11-16-6-2-4-8-19(16)14-21/h9-10,13,16,19H,1-8,11-12,14H2/t16-,19+/m0/s1. The van der Waals surface area contributed by atoms with Crippen LogP contribution in [-0.4, -0.2) is 23.9 Å². The molecular formula is C20H27NO. The van der Waals surface area contributed by atoms with Crippen LogP contribution in [0.1, 0.15) is 66.4 Å². The highest BCUT2D eigenvalue weighted by atomic mass is 16.2. The monoisotopic (exact) mass is 297 g/mol. The van der Waals surface area contributed by atoms with Gasteiger partial charge in [-0.25, -0.2) is 0 Å². The highest BCUT2D eigenvalue weighted by Crippen LogP contribution is 2.36. The first kappa shape index (κ1) is 14.3. The fourth-order valence-corrected chi connectivity index (χ4v) is 4.83. The van der Waals surface area contributed by atoms with Crippen molar-refractivity contribution in [3.8, 4) is 0 Å². The Kier molecular flexibility index (Phi) is 3.94. The van der Waals surface area contributed by atoms with Gasteiger partial charge in [0.15, 0.2) is 0 Å². The lowest BCUT2D eigenvalue weighted by Gasteiger charge is -2.41. The molecule has 118 valence electrons. The molecule has 3 aliphatic rings. The number of carbonyl (C=O) groups excluding carboxylic acids is 1. The molecule has 2 nitrogen and oxygen atoms in total. The molecule has 1 aromatic rings. The number of aryl methyl sites for hydroxylation is 2. The molecule has 0 spiro atoms. The molecule has 1 aromatic carbocycles. The lowest BCUT2D eigenvalue weighted by Crippen LogP contribution is -2.44. The fourth-order valence-electron chi connectivity index (χ4n) is 4.83. The first-order valence-electron chi connectivity index (χ1n) is 9.22. The maximum atomic E-state index is 12.9. The van der Waals surface area contributed by atoms with Crippen LogP contribution >= 0.6 is 0 Å². The van der Waals surface area contributed by atoms with Gasteiger partial charge in [-0.2, -0.15) is 0 Å². The highest BCUT2D eigenvalue weighted by Gasteiger charge is 2.33. The summed E-state index contributed by atoms with van der Waals surface area (Å²) in [5, 5.41) is 0. The molecule has 0 unspecified atom stereocenters. The fraction of sp³-hybridized carbons (Fsp3) is 0.650. The summed E-state index contributed by atoms with van der Waals surface area (Å²) in [6.07, 6.45) is 11.6. The van der Waals surface area contributed by atoms with Gasteiger partial charge < -0.3 is 4.90 Å². The van der Waals surface area contributed by atoms with Crippen LogP contribution in [0.5, 0.6) is 0 Å². The van der Waals surface area contributed by atoms with E-state index >= 15 is 0 Å². The van der Waals surface area contributed by atoms with Crippen molar-refractivity contribution >= 4 is 5.91 Å². The predicted molar refractivity (Wildman–Crippen MR) is 89.1 cm³/mol. The third-order valence-electron chi connectivity index (χ3n) is 6.17. The van der Waals surface area contributed by atoms with Crippen molar-refractivity contribution in [1.82, 2.24) is 4.90 Å². The van der Waals surface area contributed by atoms with Crippen LogP contribution in [-0.2, 0) is 12.8 Å². The third-order valence-corrected chi connectivity index (χ3v) is 6.17. The number of carbonyl (C=O) groups is 1. The number of piperidine rings is 1. The molecule has 0 radical (unpaired) electrons. The molecule has 2 heteroatoms. The van der Waals surface area contributed by atoms with Crippen molar-refractivity contribution in [1.29, 1.82) is 0 Å². The van der Waals surface area contributed by atoms with Crippen molar-refractivity contribution in [3.63, 3.8) is 0 Å². The van der Waals surface area contributed by atoms with Gasteiger partial charge >= 0.3 is 0 Å². The molecule has 4 rings (SSSR count). The van der Waals surface area contributed by atoms with Crippen LogP contribution in [0.15, 0.2) is 18.2 Å². The molecule has 0 aromatic heterocycles. The number of fused-ring (bicyclic) bond motifs is 2. The molecule has 1 saturated carbocycles. The minimum Gasteiger partial charge on any atom is -0.338 e. The van der Waals surface area contributed by atoms with Gasteiger partial charge in [0, 0.05) is 18.7 Å². The Labute approximate surface area is 133 Å². The number of amides is 1.